The van der Waals surface area contributed by atoms with Crippen molar-refractivity contribution in [3.8, 4) is 6.07 Å². The molecule has 0 radical (unpaired) electrons. The lowest BCUT2D eigenvalue weighted by Crippen LogP contribution is -2.47. The standard InChI is InChI=1S/C21H19Cl2N3O2/c22-16-8-6-14(7-9-16)11-20(27)26-10-2-5-19(26)21(28)25-18(13-24)15-3-1-4-17(23)12-15/h1,3-4,6-9,12,18-19H,2,5,10-11H2,(H,25,28). The van der Waals surface area contributed by atoms with Crippen molar-refractivity contribution >= 4 is 35.0 Å². The van der Waals surface area contributed by atoms with E-state index >= 15 is 0 Å². The summed E-state index contributed by atoms with van der Waals surface area (Å²) in [5.41, 5.74) is 1.45. The second-order valence-corrected chi connectivity index (χ2v) is 7.55. The van der Waals surface area contributed by atoms with Gasteiger partial charge in [-0.3, -0.25) is 9.59 Å². The van der Waals surface area contributed by atoms with Crippen LogP contribution in [0.15, 0.2) is 48.5 Å². The molecule has 1 heterocycles. The van der Waals surface area contributed by atoms with Gasteiger partial charge in [0.25, 0.3) is 0 Å². The summed E-state index contributed by atoms with van der Waals surface area (Å²) in [6, 6.07) is 14.6. The molecule has 28 heavy (non-hydrogen) atoms. The van der Waals surface area contributed by atoms with E-state index in [1.165, 1.54) is 0 Å². The highest BCUT2D eigenvalue weighted by Gasteiger charge is 2.34. The number of rotatable bonds is 5. The molecule has 0 aliphatic carbocycles. The Kier molecular flexibility index (Phi) is 6.56. The summed E-state index contributed by atoms with van der Waals surface area (Å²) < 4.78 is 0. The Morgan fingerprint density at radius 1 is 1.18 bits per heavy atom. The Labute approximate surface area is 173 Å². The van der Waals surface area contributed by atoms with Gasteiger partial charge in [-0.05, 0) is 48.2 Å². The maximum Gasteiger partial charge on any atom is 0.244 e. The number of amides is 2. The Balaban J connectivity index is 1.67. The number of nitrogens with one attached hydrogen (secondary N) is 1. The van der Waals surface area contributed by atoms with Gasteiger partial charge >= 0.3 is 0 Å². The van der Waals surface area contributed by atoms with Crippen molar-refractivity contribution in [2.45, 2.75) is 31.3 Å². The molecule has 144 valence electrons. The van der Waals surface area contributed by atoms with Crippen molar-refractivity contribution in [2.75, 3.05) is 6.54 Å². The van der Waals surface area contributed by atoms with Crippen LogP contribution in [-0.2, 0) is 16.0 Å². The fourth-order valence-corrected chi connectivity index (χ4v) is 3.66. The molecule has 2 aromatic rings. The predicted octanol–water partition coefficient (Wildman–Crippen LogP) is 3.91. The van der Waals surface area contributed by atoms with Crippen molar-refractivity contribution < 1.29 is 9.59 Å². The average molecular weight is 416 g/mol. The van der Waals surface area contributed by atoms with E-state index in [9.17, 15) is 14.9 Å². The summed E-state index contributed by atoms with van der Waals surface area (Å²) in [5.74, 6) is -0.440. The summed E-state index contributed by atoms with van der Waals surface area (Å²) in [4.78, 5) is 27.1. The van der Waals surface area contributed by atoms with Gasteiger partial charge in [0.2, 0.25) is 11.8 Å². The predicted molar refractivity (Wildman–Crippen MR) is 108 cm³/mol. The van der Waals surface area contributed by atoms with Crippen molar-refractivity contribution in [3.63, 3.8) is 0 Å². The number of hydrogen-bond donors (Lipinski definition) is 1. The van der Waals surface area contributed by atoms with Crippen LogP contribution in [0.5, 0.6) is 0 Å². The highest BCUT2D eigenvalue weighted by atomic mass is 35.5. The number of halogens is 2. The second kappa shape index (κ2) is 9.09. The maximum absolute atomic E-state index is 12.8. The molecule has 2 amide bonds. The lowest BCUT2D eigenvalue weighted by atomic mass is 10.1. The van der Waals surface area contributed by atoms with Gasteiger partial charge in [-0.25, -0.2) is 0 Å². The third-order valence-electron chi connectivity index (χ3n) is 4.74. The second-order valence-electron chi connectivity index (χ2n) is 6.67. The van der Waals surface area contributed by atoms with E-state index in [2.05, 4.69) is 11.4 Å². The molecule has 1 aliphatic heterocycles. The SMILES string of the molecule is N#CC(NC(=O)C1CCCN1C(=O)Cc1ccc(Cl)cc1)c1cccc(Cl)c1. The van der Waals surface area contributed by atoms with E-state index in [4.69, 9.17) is 23.2 Å². The Morgan fingerprint density at radius 2 is 1.93 bits per heavy atom. The third kappa shape index (κ3) is 4.83. The minimum Gasteiger partial charge on any atom is -0.335 e. The zero-order valence-electron chi connectivity index (χ0n) is 15.1. The van der Waals surface area contributed by atoms with Crippen molar-refractivity contribution in [3.05, 3.63) is 69.7 Å². The normalized spacial score (nSPS) is 17.0. The highest BCUT2D eigenvalue weighted by Crippen LogP contribution is 2.22. The van der Waals surface area contributed by atoms with Gasteiger partial charge < -0.3 is 10.2 Å². The highest BCUT2D eigenvalue weighted by molar-refractivity contribution is 6.30. The van der Waals surface area contributed by atoms with Crippen LogP contribution in [0.2, 0.25) is 10.0 Å². The number of benzene rings is 2. The molecular weight excluding hydrogens is 397 g/mol. The fourth-order valence-electron chi connectivity index (χ4n) is 3.33. The molecule has 3 rings (SSSR count). The lowest BCUT2D eigenvalue weighted by molar-refractivity contribution is -0.138. The summed E-state index contributed by atoms with van der Waals surface area (Å²) in [7, 11) is 0. The van der Waals surface area contributed by atoms with E-state index in [0.29, 0.717) is 28.6 Å². The number of carbonyl (C=O) groups excluding carboxylic acids is 2. The van der Waals surface area contributed by atoms with Gasteiger partial charge in [0.05, 0.1) is 12.5 Å². The minimum atomic E-state index is -0.819. The molecule has 1 aliphatic rings. The Hall–Kier alpha value is -2.55. The summed E-state index contributed by atoms with van der Waals surface area (Å²) >= 11 is 11.9. The average Bonchev–Trinajstić information content (AvgIpc) is 3.18. The Morgan fingerprint density at radius 3 is 2.61 bits per heavy atom. The molecule has 1 fully saturated rings. The molecule has 2 atom stereocenters. The van der Waals surface area contributed by atoms with Gasteiger partial charge in [-0.2, -0.15) is 5.26 Å². The molecule has 2 unspecified atom stereocenters. The van der Waals surface area contributed by atoms with Crippen LogP contribution in [0, 0.1) is 11.3 Å². The van der Waals surface area contributed by atoms with Crippen molar-refractivity contribution in [1.29, 1.82) is 5.26 Å². The lowest BCUT2D eigenvalue weighted by Gasteiger charge is -2.25. The molecule has 1 N–H and O–H groups in total. The van der Waals surface area contributed by atoms with Crippen LogP contribution in [0.4, 0.5) is 0 Å². The number of carbonyl (C=O) groups is 2. The van der Waals surface area contributed by atoms with Gasteiger partial charge in [0, 0.05) is 16.6 Å². The third-order valence-corrected chi connectivity index (χ3v) is 5.23. The molecule has 0 aromatic heterocycles. The first kappa shape index (κ1) is 20.2. The van der Waals surface area contributed by atoms with Gasteiger partial charge in [-0.15, -0.1) is 0 Å². The van der Waals surface area contributed by atoms with Crippen molar-refractivity contribution in [2.24, 2.45) is 0 Å². The first-order valence-electron chi connectivity index (χ1n) is 8.97. The number of likely N-dealkylation sites (tertiary alicyclic amines) is 1. The molecule has 0 saturated carbocycles. The van der Waals surface area contributed by atoms with Crippen LogP contribution in [0.25, 0.3) is 0 Å². The van der Waals surface area contributed by atoms with Crippen molar-refractivity contribution in [1.82, 2.24) is 10.2 Å². The van der Waals surface area contributed by atoms with E-state index < -0.39 is 12.1 Å². The van der Waals surface area contributed by atoms with Crippen LogP contribution >= 0.6 is 23.2 Å². The van der Waals surface area contributed by atoms with E-state index in [1.54, 1.807) is 53.4 Å². The molecule has 1 saturated heterocycles. The molecule has 0 bridgehead atoms. The van der Waals surface area contributed by atoms with Crippen LogP contribution in [0.3, 0.4) is 0 Å². The molecular formula is C21H19Cl2N3O2. The maximum atomic E-state index is 12.8. The van der Waals surface area contributed by atoms with Gasteiger partial charge in [0.1, 0.15) is 12.1 Å². The summed E-state index contributed by atoms with van der Waals surface area (Å²) in [6.45, 7) is 0.527. The van der Waals surface area contributed by atoms with E-state index in [-0.39, 0.29) is 18.2 Å². The number of nitriles is 1. The zero-order chi connectivity index (χ0) is 20.1. The van der Waals surface area contributed by atoms with Crippen LogP contribution in [-0.4, -0.2) is 29.3 Å². The van der Waals surface area contributed by atoms with E-state index in [0.717, 1.165) is 12.0 Å². The number of nitrogens with zero attached hydrogens (tertiary/aromatic N) is 2. The molecule has 5 nitrogen and oxygen atoms in total. The first-order valence-corrected chi connectivity index (χ1v) is 9.73. The molecule has 7 heteroatoms. The summed E-state index contributed by atoms with van der Waals surface area (Å²) in [6.07, 6.45) is 1.53. The molecule has 2 aromatic carbocycles. The largest absolute Gasteiger partial charge is 0.335 e. The number of hydrogen-bond acceptors (Lipinski definition) is 3. The fraction of sp³-hybridized carbons (Fsp3) is 0.286. The van der Waals surface area contributed by atoms with Gasteiger partial charge in [0.15, 0.2) is 0 Å². The first-order chi connectivity index (χ1) is 13.5. The van der Waals surface area contributed by atoms with E-state index in [1.807, 2.05) is 0 Å². The minimum absolute atomic E-state index is 0.115. The topological polar surface area (TPSA) is 73.2 Å². The Bertz CT molecular complexity index is 909. The smallest absolute Gasteiger partial charge is 0.244 e. The van der Waals surface area contributed by atoms with Gasteiger partial charge in [-0.1, -0.05) is 47.5 Å². The van der Waals surface area contributed by atoms with Crippen LogP contribution in [0.1, 0.15) is 30.0 Å². The monoisotopic (exact) mass is 415 g/mol. The quantitative estimate of drug-likeness (QED) is 0.804. The van der Waals surface area contributed by atoms with Crippen LogP contribution < -0.4 is 5.32 Å². The zero-order valence-corrected chi connectivity index (χ0v) is 16.6. The molecule has 0 spiro atoms. The summed E-state index contributed by atoms with van der Waals surface area (Å²) in [5, 5.41) is 13.3.